The Morgan fingerprint density at radius 2 is 1.86 bits per heavy atom. The second kappa shape index (κ2) is 11.3. The van der Waals surface area contributed by atoms with E-state index in [0.717, 1.165) is 4.57 Å². The average molecular weight is 637 g/mol. The standard InChI is InChI=1S/C28H17Cl2F3N2O6S/c1-2-40-26(39)21-22(13-3-6-15(29)7-4-13)35-24(36)20(42-27(35)34-23(21)28(31,32)33)12-16-8-10-19(41-16)14-5-9-18(30)17(11-14)25(37)38/h3-12,22H,2H2,1H3,(H,37,38)/b20-12-/t22-/m1/s1. The van der Waals surface area contributed by atoms with Crippen molar-refractivity contribution in [3.63, 3.8) is 0 Å². The number of aromatic nitrogens is 1. The summed E-state index contributed by atoms with van der Waals surface area (Å²) in [5.74, 6) is -2.07. The van der Waals surface area contributed by atoms with Crippen LogP contribution in [0.15, 0.2) is 80.1 Å². The molecule has 0 spiro atoms. The van der Waals surface area contributed by atoms with Gasteiger partial charge in [0.1, 0.15) is 11.5 Å². The van der Waals surface area contributed by atoms with Crippen molar-refractivity contribution in [3.05, 3.63) is 112 Å². The van der Waals surface area contributed by atoms with Gasteiger partial charge in [0.05, 0.1) is 33.3 Å². The quantitative estimate of drug-likeness (QED) is 0.276. The first-order chi connectivity index (χ1) is 19.9. The molecule has 4 aromatic rings. The number of carbonyl (C=O) groups excluding carboxylic acids is 1. The molecule has 2 aromatic carbocycles. The number of hydrogen-bond acceptors (Lipinski definition) is 7. The molecule has 0 amide bonds. The number of esters is 1. The first kappa shape index (κ1) is 29.4. The topological polar surface area (TPSA) is 111 Å². The number of nitrogens with zero attached hydrogens (tertiary/aromatic N) is 2. The van der Waals surface area contributed by atoms with E-state index < -0.39 is 41.0 Å². The van der Waals surface area contributed by atoms with Crippen molar-refractivity contribution in [3.8, 4) is 11.3 Å². The first-order valence-electron chi connectivity index (χ1n) is 12.1. The molecule has 1 atom stereocenters. The number of carboxylic acids is 1. The second-order valence-electron chi connectivity index (χ2n) is 8.82. The number of furan rings is 1. The van der Waals surface area contributed by atoms with Crippen molar-refractivity contribution < 1.29 is 37.0 Å². The summed E-state index contributed by atoms with van der Waals surface area (Å²) in [6, 6.07) is 11.5. The molecule has 0 radical (unpaired) electrons. The van der Waals surface area contributed by atoms with E-state index in [-0.39, 0.29) is 43.6 Å². The lowest BCUT2D eigenvalue weighted by Gasteiger charge is -2.26. The molecule has 1 aliphatic rings. The van der Waals surface area contributed by atoms with Crippen LogP contribution in [-0.2, 0) is 9.53 Å². The molecule has 0 saturated heterocycles. The second-order valence-corrected chi connectivity index (χ2v) is 10.7. The molecule has 0 bridgehead atoms. The van der Waals surface area contributed by atoms with E-state index in [1.807, 2.05) is 0 Å². The summed E-state index contributed by atoms with van der Waals surface area (Å²) < 4.78 is 54.4. The number of rotatable bonds is 6. The van der Waals surface area contributed by atoms with Crippen LogP contribution in [0.1, 0.15) is 34.6 Å². The largest absolute Gasteiger partial charge is 0.478 e. The zero-order valence-electron chi connectivity index (χ0n) is 21.2. The van der Waals surface area contributed by atoms with Gasteiger partial charge in [-0.05, 0) is 55.0 Å². The average Bonchev–Trinajstić information content (AvgIpc) is 3.52. The Balaban J connectivity index is 1.68. The molecular formula is C28H17Cl2F3N2O6S. The maximum Gasteiger partial charge on any atom is 0.434 e. The number of carbonyl (C=O) groups is 2. The highest BCUT2D eigenvalue weighted by Gasteiger charge is 2.45. The number of aromatic carboxylic acids is 1. The highest BCUT2D eigenvalue weighted by Crippen LogP contribution is 2.38. The molecule has 0 aliphatic carbocycles. The lowest BCUT2D eigenvalue weighted by atomic mass is 9.95. The molecule has 1 aliphatic heterocycles. The minimum Gasteiger partial charge on any atom is -0.478 e. The number of fused-ring (bicyclic) bond motifs is 1. The van der Waals surface area contributed by atoms with Crippen LogP contribution in [0.5, 0.6) is 0 Å². The molecular weight excluding hydrogens is 620 g/mol. The van der Waals surface area contributed by atoms with Gasteiger partial charge in [0.2, 0.25) is 0 Å². The van der Waals surface area contributed by atoms with Crippen LogP contribution in [0.3, 0.4) is 0 Å². The number of ether oxygens (including phenoxy) is 1. The van der Waals surface area contributed by atoms with Crippen molar-refractivity contribution >= 4 is 52.6 Å². The molecule has 0 saturated carbocycles. The van der Waals surface area contributed by atoms with Crippen LogP contribution in [0.25, 0.3) is 17.4 Å². The zero-order chi connectivity index (χ0) is 30.3. The normalized spacial score (nSPS) is 15.4. The SMILES string of the molecule is CCOC(=O)C1=C(C(F)(F)F)N=c2s/c(=C\c3ccc(-c4ccc(Cl)c(C(=O)O)c4)o3)c(=O)n2[C@@H]1c1ccc(Cl)cc1. The number of carboxylic acid groups (broad SMARTS) is 1. The number of halogens is 5. The molecule has 14 heteroatoms. The number of hydrogen-bond donors (Lipinski definition) is 1. The van der Waals surface area contributed by atoms with Crippen LogP contribution in [0.4, 0.5) is 13.2 Å². The Bertz CT molecular complexity index is 1940. The Hall–Kier alpha value is -4.13. The highest BCUT2D eigenvalue weighted by atomic mass is 35.5. The predicted octanol–water partition coefficient (Wildman–Crippen LogP) is 5.61. The summed E-state index contributed by atoms with van der Waals surface area (Å²) in [5.41, 5.74) is -2.58. The van der Waals surface area contributed by atoms with Gasteiger partial charge in [-0.15, -0.1) is 0 Å². The van der Waals surface area contributed by atoms with Gasteiger partial charge in [-0.2, -0.15) is 13.2 Å². The molecule has 1 N–H and O–H groups in total. The van der Waals surface area contributed by atoms with Crippen LogP contribution < -0.4 is 14.9 Å². The number of benzene rings is 2. The lowest BCUT2D eigenvalue weighted by molar-refractivity contribution is -0.140. The Morgan fingerprint density at radius 1 is 1.14 bits per heavy atom. The molecule has 0 fully saturated rings. The highest BCUT2D eigenvalue weighted by molar-refractivity contribution is 7.07. The molecule has 5 rings (SSSR count). The molecule has 216 valence electrons. The van der Waals surface area contributed by atoms with Gasteiger partial charge in [0.25, 0.3) is 5.56 Å². The molecule has 8 nitrogen and oxygen atoms in total. The fourth-order valence-corrected chi connectivity index (χ4v) is 5.66. The summed E-state index contributed by atoms with van der Waals surface area (Å²) in [7, 11) is 0. The Labute approximate surface area is 248 Å². The van der Waals surface area contributed by atoms with E-state index in [0.29, 0.717) is 21.9 Å². The fraction of sp³-hybridized carbons (Fsp3) is 0.143. The van der Waals surface area contributed by atoms with Crippen LogP contribution in [0.2, 0.25) is 10.0 Å². The Morgan fingerprint density at radius 3 is 2.50 bits per heavy atom. The van der Waals surface area contributed by atoms with Gasteiger partial charge in [-0.25, -0.2) is 14.6 Å². The van der Waals surface area contributed by atoms with Crippen molar-refractivity contribution in [2.75, 3.05) is 6.61 Å². The van der Waals surface area contributed by atoms with Gasteiger partial charge in [-0.3, -0.25) is 9.36 Å². The molecule has 2 aromatic heterocycles. The molecule has 0 unspecified atom stereocenters. The van der Waals surface area contributed by atoms with E-state index in [1.54, 1.807) is 6.07 Å². The van der Waals surface area contributed by atoms with E-state index in [9.17, 15) is 32.7 Å². The Kier molecular flexibility index (Phi) is 7.88. The fourth-order valence-electron chi connectivity index (χ4n) is 4.36. The van der Waals surface area contributed by atoms with E-state index in [2.05, 4.69) is 4.99 Å². The third-order valence-electron chi connectivity index (χ3n) is 6.16. The third kappa shape index (κ3) is 5.52. The summed E-state index contributed by atoms with van der Waals surface area (Å²) >= 11 is 12.6. The van der Waals surface area contributed by atoms with E-state index in [1.165, 1.54) is 61.5 Å². The summed E-state index contributed by atoms with van der Waals surface area (Å²) in [6.45, 7) is 1.25. The molecule has 3 heterocycles. The number of alkyl halides is 3. The van der Waals surface area contributed by atoms with Gasteiger partial charge >= 0.3 is 18.1 Å². The van der Waals surface area contributed by atoms with Gasteiger partial charge in [0, 0.05) is 16.7 Å². The van der Waals surface area contributed by atoms with Crippen LogP contribution in [0, 0.1) is 0 Å². The number of allylic oxidation sites excluding steroid dienone is 1. The van der Waals surface area contributed by atoms with Crippen LogP contribution >= 0.6 is 34.5 Å². The van der Waals surface area contributed by atoms with Gasteiger partial charge < -0.3 is 14.3 Å². The van der Waals surface area contributed by atoms with Crippen molar-refractivity contribution in [1.82, 2.24) is 4.57 Å². The van der Waals surface area contributed by atoms with Gasteiger partial charge in [-0.1, -0.05) is 46.7 Å². The summed E-state index contributed by atoms with van der Waals surface area (Å²) in [6.07, 6.45) is -3.72. The van der Waals surface area contributed by atoms with Crippen molar-refractivity contribution in [2.45, 2.75) is 19.1 Å². The monoisotopic (exact) mass is 636 g/mol. The zero-order valence-corrected chi connectivity index (χ0v) is 23.6. The summed E-state index contributed by atoms with van der Waals surface area (Å²) in [5, 5.41) is 9.68. The van der Waals surface area contributed by atoms with Gasteiger partial charge in [0.15, 0.2) is 10.5 Å². The van der Waals surface area contributed by atoms with Crippen molar-refractivity contribution in [1.29, 1.82) is 0 Å². The first-order valence-corrected chi connectivity index (χ1v) is 13.6. The number of thiazole rings is 1. The minimum atomic E-state index is -5.04. The van der Waals surface area contributed by atoms with Crippen LogP contribution in [-0.4, -0.2) is 34.4 Å². The lowest BCUT2D eigenvalue weighted by Crippen LogP contribution is -2.41. The summed E-state index contributed by atoms with van der Waals surface area (Å²) in [4.78, 5) is 41.4. The van der Waals surface area contributed by atoms with Crippen molar-refractivity contribution in [2.24, 2.45) is 4.99 Å². The third-order valence-corrected chi connectivity index (χ3v) is 7.73. The smallest absolute Gasteiger partial charge is 0.434 e. The maximum atomic E-state index is 14.2. The minimum absolute atomic E-state index is 0.0254. The molecule has 42 heavy (non-hydrogen) atoms. The van der Waals surface area contributed by atoms with E-state index >= 15 is 0 Å². The van der Waals surface area contributed by atoms with E-state index in [4.69, 9.17) is 32.4 Å². The maximum absolute atomic E-state index is 14.2. The predicted molar refractivity (Wildman–Crippen MR) is 148 cm³/mol.